The number of nitrogens with zero attached hydrogens (tertiary/aromatic N) is 3. The molecule has 164 valence electrons. The van der Waals surface area contributed by atoms with Gasteiger partial charge in [0.2, 0.25) is 5.75 Å². The fourth-order valence-corrected chi connectivity index (χ4v) is 4.44. The van der Waals surface area contributed by atoms with Crippen molar-refractivity contribution in [1.82, 2.24) is 13.7 Å². The Labute approximate surface area is 182 Å². The summed E-state index contributed by atoms with van der Waals surface area (Å²) in [5, 5.41) is 14.3. The van der Waals surface area contributed by atoms with Gasteiger partial charge in [0.1, 0.15) is 0 Å². The summed E-state index contributed by atoms with van der Waals surface area (Å²) < 4.78 is 15.2. The number of aromatic hydroxyl groups is 1. The molecule has 0 fully saturated rings. The highest BCUT2D eigenvalue weighted by Crippen LogP contribution is 2.44. The lowest BCUT2D eigenvalue weighted by Crippen LogP contribution is -2.37. The number of para-hydroxylation sites is 2. The van der Waals surface area contributed by atoms with Crippen LogP contribution in [0.15, 0.2) is 52.2 Å². The van der Waals surface area contributed by atoms with Crippen molar-refractivity contribution in [3.8, 4) is 22.9 Å². The minimum Gasteiger partial charge on any atom is -0.502 e. The number of methoxy groups -OCH3 is 2. The summed E-state index contributed by atoms with van der Waals surface area (Å²) in [6.07, 6.45) is 1.77. The first-order valence-corrected chi connectivity index (χ1v) is 9.99. The van der Waals surface area contributed by atoms with E-state index in [0.29, 0.717) is 10.9 Å². The molecule has 0 bridgehead atoms. The van der Waals surface area contributed by atoms with E-state index in [1.165, 1.54) is 25.8 Å². The lowest BCUT2D eigenvalue weighted by Gasteiger charge is -2.30. The van der Waals surface area contributed by atoms with Gasteiger partial charge in [0.05, 0.1) is 48.2 Å². The van der Waals surface area contributed by atoms with Gasteiger partial charge in [-0.05, 0) is 29.8 Å². The van der Waals surface area contributed by atoms with E-state index in [-0.39, 0.29) is 22.8 Å². The summed E-state index contributed by atoms with van der Waals surface area (Å²) in [5.74, 6) is 0.413. The zero-order valence-electron chi connectivity index (χ0n) is 18.0. The molecule has 0 amide bonds. The lowest BCUT2D eigenvalue weighted by molar-refractivity contribution is 0.339. The number of nitrogens with one attached hydrogen (secondary N) is 1. The first-order chi connectivity index (χ1) is 15.4. The van der Waals surface area contributed by atoms with E-state index in [4.69, 9.17) is 9.47 Å². The van der Waals surface area contributed by atoms with Crippen molar-refractivity contribution >= 4 is 16.6 Å². The molecule has 0 saturated heterocycles. The summed E-state index contributed by atoms with van der Waals surface area (Å²) in [5.41, 5.74) is 2.96. The number of aromatic nitrogens is 3. The fraction of sp³-hybridized carbons (Fsp3) is 0.217. The summed E-state index contributed by atoms with van der Waals surface area (Å²) in [6, 6.07) is 10.7. The molecule has 0 unspecified atom stereocenters. The van der Waals surface area contributed by atoms with Gasteiger partial charge >= 0.3 is 5.69 Å². The van der Waals surface area contributed by atoms with Gasteiger partial charge in [-0.1, -0.05) is 12.1 Å². The molecule has 0 aliphatic carbocycles. The molecule has 9 nitrogen and oxygen atoms in total. The van der Waals surface area contributed by atoms with Gasteiger partial charge in [0.15, 0.2) is 11.5 Å². The highest BCUT2D eigenvalue weighted by molar-refractivity contribution is 5.86. The van der Waals surface area contributed by atoms with Crippen LogP contribution in [0.25, 0.3) is 16.6 Å². The third-order valence-electron chi connectivity index (χ3n) is 6.03. The second kappa shape index (κ2) is 6.94. The average Bonchev–Trinajstić information content (AvgIpc) is 3.22. The first-order valence-electron chi connectivity index (χ1n) is 9.99. The Morgan fingerprint density at radius 2 is 1.66 bits per heavy atom. The van der Waals surface area contributed by atoms with Crippen LogP contribution in [0.4, 0.5) is 5.69 Å². The molecule has 5 rings (SSSR count). The Kier molecular flexibility index (Phi) is 4.30. The Morgan fingerprint density at radius 1 is 1.00 bits per heavy atom. The highest BCUT2D eigenvalue weighted by Gasteiger charge is 2.32. The van der Waals surface area contributed by atoms with E-state index >= 15 is 0 Å². The van der Waals surface area contributed by atoms with Crippen LogP contribution in [-0.2, 0) is 14.1 Å². The Bertz CT molecular complexity index is 1490. The summed E-state index contributed by atoms with van der Waals surface area (Å²) in [7, 11) is 6.06. The molecule has 4 aromatic rings. The zero-order chi connectivity index (χ0) is 22.7. The van der Waals surface area contributed by atoms with Crippen LogP contribution in [0.1, 0.15) is 17.3 Å². The van der Waals surface area contributed by atoms with E-state index < -0.39 is 11.7 Å². The van der Waals surface area contributed by atoms with Crippen molar-refractivity contribution in [2.45, 2.75) is 6.04 Å². The first kappa shape index (κ1) is 19.8. The van der Waals surface area contributed by atoms with E-state index in [1.807, 2.05) is 28.8 Å². The van der Waals surface area contributed by atoms with Gasteiger partial charge in [-0.25, -0.2) is 4.79 Å². The van der Waals surface area contributed by atoms with E-state index in [2.05, 4.69) is 5.32 Å². The largest absolute Gasteiger partial charge is 0.502 e. The van der Waals surface area contributed by atoms with E-state index in [0.717, 1.165) is 27.2 Å². The second-order valence-electron chi connectivity index (χ2n) is 7.72. The SMILES string of the molecule is COc1cc([C@@H]2Nc3ccccc3-n3cc4c(=O)n(C)c(=O)n(C)c4c32)cc(OC)c1O. The van der Waals surface area contributed by atoms with Crippen molar-refractivity contribution < 1.29 is 14.6 Å². The van der Waals surface area contributed by atoms with Crippen LogP contribution in [0.3, 0.4) is 0 Å². The molecule has 2 aromatic heterocycles. The maximum atomic E-state index is 13.0. The normalized spacial score (nSPS) is 14.6. The van der Waals surface area contributed by atoms with Crippen molar-refractivity contribution in [2.75, 3.05) is 19.5 Å². The smallest absolute Gasteiger partial charge is 0.331 e. The number of fused-ring (bicyclic) bond motifs is 5. The molecule has 0 saturated carbocycles. The molecule has 2 N–H and O–H groups in total. The second-order valence-corrected chi connectivity index (χ2v) is 7.72. The number of benzene rings is 2. The number of hydrogen-bond acceptors (Lipinski definition) is 6. The summed E-state index contributed by atoms with van der Waals surface area (Å²) in [6.45, 7) is 0. The molecule has 1 atom stereocenters. The van der Waals surface area contributed by atoms with Gasteiger partial charge < -0.3 is 24.5 Å². The number of phenols is 1. The predicted octanol–water partition coefficient (Wildman–Crippen LogP) is 2.27. The molecule has 1 aliphatic rings. The quantitative estimate of drug-likeness (QED) is 0.513. The van der Waals surface area contributed by atoms with Gasteiger partial charge in [0.25, 0.3) is 5.56 Å². The maximum Gasteiger partial charge on any atom is 0.331 e. The minimum atomic E-state index is -0.455. The number of hydrogen-bond donors (Lipinski definition) is 2. The molecule has 32 heavy (non-hydrogen) atoms. The molecule has 2 aromatic carbocycles. The fourth-order valence-electron chi connectivity index (χ4n) is 4.44. The van der Waals surface area contributed by atoms with Crippen molar-refractivity contribution in [3.63, 3.8) is 0 Å². The number of rotatable bonds is 3. The number of aryl methyl sites for hydroxylation is 1. The van der Waals surface area contributed by atoms with Gasteiger partial charge in [-0.2, -0.15) is 0 Å². The molecular weight excluding hydrogens is 412 g/mol. The van der Waals surface area contributed by atoms with Crippen LogP contribution < -0.4 is 26.0 Å². The third kappa shape index (κ3) is 2.57. The van der Waals surface area contributed by atoms with Crippen LogP contribution in [0.5, 0.6) is 17.2 Å². The minimum absolute atomic E-state index is 0.100. The molecule has 1 aliphatic heterocycles. The monoisotopic (exact) mass is 434 g/mol. The van der Waals surface area contributed by atoms with Crippen LogP contribution in [0, 0.1) is 0 Å². The lowest BCUT2D eigenvalue weighted by atomic mass is 9.98. The summed E-state index contributed by atoms with van der Waals surface area (Å²) >= 11 is 0. The summed E-state index contributed by atoms with van der Waals surface area (Å²) in [4.78, 5) is 25.7. The van der Waals surface area contributed by atoms with Crippen LogP contribution in [-0.4, -0.2) is 33.0 Å². The third-order valence-corrected chi connectivity index (χ3v) is 6.03. The van der Waals surface area contributed by atoms with Crippen molar-refractivity contribution in [3.05, 3.63) is 74.7 Å². The van der Waals surface area contributed by atoms with Gasteiger partial charge in [-0.15, -0.1) is 0 Å². The molecule has 0 spiro atoms. The van der Waals surface area contributed by atoms with Crippen molar-refractivity contribution in [1.29, 1.82) is 0 Å². The van der Waals surface area contributed by atoms with Gasteiger partial charge in [-0.3, -0.25) is 13.9 Å². The number of phenolic OH excluding ortho intramolecular Hbond substituents is 1. The number of ether oxygens (including phenoxy) is 2. The topological polar surface area (TPSA) is 99.7 Å². The van der Waals surface area contributed by atoms with E-state index in [1.54, 1.807) is 25.4 Å². The molecule has 3 heterocycles. The van der Waals surface area contributed by atoms with E-state index in [9.17, 15) is 14.7 Å². The van der Waals surface area contributed by atoms with Crippen LogP contribution >= 0.6 is 0 Å². The van der Waals surface area contributed by atoms with Gasteiger partial charge in [0, 0.05) is 20.3 Å². The Hall–Kier alpha value is -4.14. The predicted molar refractivity (Wildman–Crippen MR) is 120 cm³/mol. The molecule has 0 radical (unpaired) electrons. The molecule has 9 heteroatoms. The Morgan fingerprint density at radius 3 is 2.31 bits per heavy atom. The number of anilines is 1. The molecular formula is C23H22N4O5. The zero-order valence-corrected chi connectivity index (χ0v) is 18.0. The highest BCUT2D eigenvalue weighted by atomic mass is 16.5. The standard InChI is InChI=1S/C23H22N4O5/c1-25-19-13(22(29)26(2)23(25)30)11-27-15-8-6-5-7-14(15)24-18(20(19)27)12-9-16(31-3)21(28)17(10-12)32-4/h5-11,18,24,28H,1-4H3/t18-/m0/s1. The Balaban J connectivity index is 1.90. The van der Waals surface area contributed by atoms with Crippen molar-refractivity contribution in [2.24, 2.45) is 14.1 Å². The average molecular weight is 434 g/mol. The van der Waals surface area contributed by atoms with Crippen LogP contribution in [0.2, 0.25) is 0 Å². The maximum absolute atomic E-state index is 13.0.